The molecule has 3 unspecified atom stereocenters. The number of benzene rings is 1. The molecule has 0 radical (unpaired) electrons. The lowest BCUT2D eigenvalue weighted by Crippen LogP contribution is -2.44. The molecule has 1 heterocycles. The van der Waals surface area contributed by atoms with Gasteiger partial charge in [0.15, 0.2) is 5.82 Å². The van der Waals surface area contributed by atoms with Crippen LogP contribution in [0.25, 0.3) is 0 Å². The maximum atomic E-state index is 13.2. The number of amides is 1. The molecule has 1 aromatic heterocycles. The van der Waals surface area contributed by atoms with E-state index in [1.54, 1.807) is 12.1 Å². The van der Waals surface area contributed by atoms with Crippen molar-refractivity contribution in [2.75, 3.05) is 12.4 Å². The summed E-state index contributed by atoms with van der Waals surface area (Å²) in [5.41, 5.74) is 2.54. The van der Waals surface area contributed by atoms with Crippen molar-refractivity contribution >= 4 is 29.1 Å². The molecule has 33 heavy (non-hydrogen) atoms. The molecular weight excluding hydrogens is 438 g/mol. The number of halogens is 1. The molecule has 2 aromatic rings. The smallest absolute Gasteiger partial charge is 0.233 e. The SMILES string of the molecule is COc1ccc(NC(=O)CC[C@@H]2CC(=O)[C@@]3(C)CCC4c5ccc(Cl)cc5CCC4C23)nn1. The molecule has 0 saturated heterocycles. The second kappa shape index (κ2) is 8.71. The Bertz CT molecular complexity index is 1070. The fourth-order valence-electron chi connectivity index (χ4n) is 6.89. The molecule has 1 aromatic carbocycles. The van der Waals surface area contributed by atoms with Crippen molar-refractivity contribution in [3.8, 4) is 5.88 Å². The number of ketones is 1. The Labute approximate surface area is 199 Å². The number of aryl methyl sites for hydroxylation is 1. The molecule has 174 valence electrons. The van der Waals surface area contributed by atoms with Gasteiger partial charge in [-0.15, -0.1) is 10.2 Å². The zero-order chi connectivity index (χ0) is 23.2. The van der Waals surface area contributed by atoms with Crippen LogP contribution in [0.2, 0.25) is 5.02 Å². The van der Waals surface area contributed by atoms with Crippen LogP contribution in [0.4, 0.5) is 5.82 Å². The number of rotatable bonds is 5. The lowest BCUT2D eigenvalue weighted by atomic mass is 9.54. The van der Waals surface area contributed by atoms with Gasteiger partial charge in [0.2, 0.25) is 11.8 Å². The number of methoxy groups -OCH3 is 1. The summed E-state index contributed by atoms with van der Waals surface area (Å²) in [5.74, 6) is 2.67. The normalized spacial score (nSPS) is 30.2. The van der Waals surface area contributed by atoms with E-state index in [0.717, 1.165) is 37.1 Å². The molecule has 1 N–H and O–H groups in total. The number of carbonyl (C=O) groups is 2. The first-order valence-electron chi connectivity index (χ1n) is 11.9. The lowest BCUT2D eigenvalue weighted by Gasteiger charge is -2.50. The number of nitrogens with one attached hydrogen (secondary N) is 1. The summed E-state index contributed by atoms with van der Waals surface area (Å²) in [7, 11) is 1.52. The standard InChI is InChI=1S/C26H30ClN3O3/c1-26-12-11-19-18-7-5-17(27)13-15(18)3-6-20(19)25(26)16(14-21(26)31)4-9-23(32)28-22-8-10-24(33-2)30-29-22/h5,7-8,10,13,16,19-20,25H,3-4,6,9,11-12,14H2,1-2H3,(H,28,29,32)/t16-,19?,20?,25?,26-/m1/s1. The van der Waals surface area contributed by atoms with Gasteiger partial charge in [0.25, 0.3) is 0 Å². The highest BCUT2D eigenvalue weighted by Crippen LogP contribution is 2.62. The monoisotopic (exact) mass is 467 g/mol. The fourth-order valence-corrected chi connectivity index (χ4v) is 7.09. The maximum absolute atomic E-state index is 13.2. The molecule has 0 aliphatic heterocycles. The Kier molecular flexibility index (Phi) is 5.89. The number of nitrogens with zero attached hydrogens (tertiary/aromatic N) is 2. The highest BCUT2D eigenvalue weighted by molar-refractivity contribution is 6.30. The molecule has 7 heteroatoms. The van der Waals surface area contributed by atoms with Crippen molar-refractivity contribution < 1.29 is 14.3 Å². The Morgan fingerprint density at radius 2 is 2.09 bits per heavy atom. The summed E-state index contributed by atoms with van der Waals surface area (Å²) in [6.45, 7) is 2.18. The first-order valence-corrected chi connectivity index (χ1v) is 12.3. The van der Waals surface area contributed by atoms with Crippen LogP contribution >= 0.6 is 11.6 Å². The van der Waals surface area contributed by atoms with Gasteiger partial charge >= 0.3 is 0 Å². The van der Waals surface area contributed by atoms with Crippen molar-refractivity contribution in [2.45, 2.75) is 57.8 Å². The number of carbonyl (C=O) groups excluding carboxylic acids is 2. The molecule has 2 fully saturated rings. The van der Waals surface area contributed by atoms with E-state index in [4.69, 9.17) is 16.3 Å². The molecule has 3 aliphatic carbocycles. The van der Waals surface area contributed by atoms with E-state index in [1.165, 1.54) is 18.2 Å². The molecule has 1 amide bonds. The van der Waals surface area contributed by atoms with Crippen LogP contribution in [0.1, 0.15) is 62.5 Å². The van der Waals surface area contributed by atoms with E-state index >= 15 is 0 Å². The number of ether oxygens (including phenoxy) is 1. The van der Waals surface area contributed by atoms with E-state index in [2.05, 4.69) is 34.6 Å². The van der Waals surface area contributed by atoms with E-state index < -0.39 is 0 Å². The van der Waals surface area contributed by atoms with Crippen LogP contribution < -0.4 is 10.1 Å². The highest BCUT2D eigenvalue weighted by Gasteiger charge is 2.58. The van der Waals surface area contributed by atoms with Gasteiger partial charge in [0.1, 0.15) is 5.78 Å². The molecule has 0 spiro atoms. The summed E-state index contributed by atoms with van der Waals surface area (Å²) in [6, 6.07) is 9.66. The van der Waals surface area contributed by atoms with Gasteiger partial charge in [-0.1, -0.05) is 24.6 Å². The second-order valence-electron chi connectivity index (χ2n) is 10.1. The largest absolute Gasteiger partial charge is 0.480 e. The first kappa shape index (κ1) is 22.3. The predicted octanol–water partition coefficient (Wildman–Crippen LogP) is 5.21. The minimum absolute atomic E-state index is 0.0912. The summed E-state index contributed by atoms with van der Waals surface area (Å²) in [6.07, 6.45) is 5.79. The van der Waals surface area contributed by atoms with Crippen LogP contribution in [0, 0.1) is 23.2 Å². The summed E-state index contributed by atoms with van der Waals surface area (Å²) in [4.78, 5) is 25.8. The summed E-state index contributed by atoms with van der Waals surface area (Å²) in [5, 5.41) is 11.5. The molecule has 5 atom stereocenters. The van der Waals surface area contributed by atoms with Crippen molar-refractivity contribution in [3.05, 3.63) is 46.5 Å². The minimum atomic E-state index is -0.256. The third kappa shape index (κ3) is 4.03. The Balaban J connectivity index is 1.30. The Morgan fingerprint density at radius 3 is 2.85 bits per heavy atom. The fraction of sp³-hybridized carbons (Fsp3) is 0.538. The number of Topliss-reactive ketones (excluding diaryl/α,β-unsaturated/α-hetero) is 1. The molecular formula is C26H30ClN3O3. The van der Waals surface area contributed by atoms with E-state index in [1.807, 2.05) is 6.07 Å². The molecule has 2 saturated carbocycles. The zero-order valence-corrected chi connectivity index (χ0v) is 19.9. The average Bonchev–Trinajstić information content (AvgIpc) is 3.07. The highest BCUT2D eigenvalue weighted by atomic mass is 35.5. The topological polar surface area (TPSA) is 81.2 Å². The first-order chi connectivity index (χ1) is 15.9. The van der Waals surface area contributed by atoms with Gasteiger partial charge in [0, 0.05) is 29.3 Å². The van der Waals surface area contributed by atoms with Crippen LogP contribution in [0.3, 0.4) is 0 Å². The van der Waals surface area contributed by atoms with Crippen LogP contribution in [-0.4, -0.2) is 29.0 Å². The molecule has 6 nitrogen and oxygen atoms in total. The van der Waals surface area contributed by atoms with Crippen molar-refractivity contribution in [3.63, 3.8) is 0 Å². The van der Waals surface area contributed by atoms with Crippen LogP contribution in [0.15, 0.2) is 30.3 Å². The van der Waals surface area contributed by atoms with Gasteiger partial charge in [-0.3, -0.25) is 9.59 Å². The molecule has 0 bridgehead atoms. The van der Waals surface area contributed by atoms with Gasteiger partial charge in [-0.05, 0) is 85.1 Å². The zero-order valence-electron chi connectivity index (χ0n) is 19.1. The van der Waals surface area contributed by atoms with E-state index in [0.29, 0.717) is 48.1 Å². The second-order valence-corrected chi connectivity index (χ2v) is 10.5. The lowest BCUT2D eigenvalue weighted by molar-refractivity contribution is -0.129. The van der Waals surface area contributed by atoms with Crippen LogP contribution in [-0.2, 0) is 16.0 Å². The Morgan fingerprint density at radius 1 is 1.24 bits per heavy atom. The number of aromatic nitrogens is 2. The van der Waals surface area contributed by atoms with Gasteiger partial charge in [-0.2, -0.15) is 0 Å². The quantitative estimate of drug-likeness (QED) is 0.652. The predicted molar refractivity (Wildman–Crippen MR) is 126 cm³/mol. The third-order valence-corrected chi connectivity index (χ3v) is 8.63. The van der Waals surface area contributed by atoms with Crippen molar-refractivity contribution in [2.24, 2.45) is 23.2 Å². The van der Waals surface area contributed by atoms with E-state index in [9.17, 15) is 9.59 Å². The average molecular weight is 468 g/mol. The van der Waals surface area contributed by atoms with E-state index in [-0.39, 0.29) is 17.2 Å². The minimum Gasteiger partial charge on any atom is -0.480 e. The van der Waals surface area contributed by atoms with Gasteiger partial charge in [0.05, 0.1) is 7.11 Å². The number of hydrogen-bond donors (Lipinski definition) is 1. The number of fused-ring (bicyclic) bond motifs is 5. The van der Waals surface area contributed by atoms with Crippen molar-refractivity contribution in [1.29, 1.82) is 0 Å². The number of hydrogen-bond acceptors (Lipinski definition) is 5. The van der Waals surface area contributed by atoms with Gasteiger partial charge < -0.3 is 10.1 Å². The van der Waals surface area contributed by atoms with Crippen molar-refractivity contribution in [1.82, 2.24) is 10.2 Å². The molecule has 5 rings (SSSR count). The number of anilines is 1. The summed E-state index contributed by atoms with van der Waals surface area (Å²) < 4.78 is 5.01. The van der Waals surface area contributed by atoms with Crippen LogP contribution in [0.5, 0.6) is 5.88 Å². The third-order valence-electron chi connectivity index (χ3n) is 8.39. The maximum Gasteiger partial charge on any atom is 0.233 e. The van der Waals surface area contributed by atoms with Gasteiger partial charge in [-0.25, -0.2) is 0 Å². The Hall–Kier alpha value is -2.47. The molecule has 3 aliphatic rings. The summed E-state index contributed by atoms with van der Waals surface area (Å²) >= 11 is 6.25.